The smallest absolute Gasteiger partial charge is 0.322 e. The van der Waals surface area contributed by atoms with Crippen LogP contribution in [0.25, 0.3) is 15.9 Å². The monoisotopic (exact) mass is 446 g/mol. The molecule has 4 aromatic rings. The van der Waals surface area contributed by atoms with E-state index < -0.39 is 35.2 Å². The van der Waals surface area contributed by atoms with Crippen LogP contribution in [0.1, 0.15) is 21.7 Å². The van der Waals surface area contributed by atoms with E-state index in [0.29, 0.717) is 27.2 Å². The van der Waals surface area contributed by atoms with Gasteiger partial charge in [0.2, 0.25) is 0 Å². The molecular formula is C16H8F6N6OS. The van der Waals surface area contributed by atoms with E-state index in [-0.39, 0.29) is 11.4 Å². The van der Waals surface area contributed by atoms with Crippen LogP contribution in [-0.2, 0) is 12.4 Å². The van der Waals surface area contributed by atoms with Crippen LogP contribution in [0.4, 0.5) is 32.0 Å². The average molecular weight is 446 g/mol. The Morgan fingerprint density at radius 1 is 1.13 bits per heavy atom. The van der Waals surface area contributed by atoms with Crippen LogP contribution < -0.4 is 5.32 Å². The highest BCUT2D eigenvalue weighted by Crippen LogP contribution is 2.37. The molecule has 0 aliphatic carbocycles. The Bertz CT molecular complexity index is 1240. The molecule has 0 spiro atoms. The summed E-state index contributed by atoms with van der Waals surface area (Å²) in [5.41, 5.74) is -3.83. The zero-order chi connectivity index (χ0) is 21.7. The lowest BCUT2D eigenvalue weighted by Gasteiger charge is -2.12. The van der Waals surface area contributed by atoms with Gasteiger partial charge in [-0.05, 0) is 12.1 Å². The predicted molar refractivity (Wildman–Crippen MR) is 93.3 cm³/mol. The summed E-state index contributed by atoms with van der Waals surface area (Å²) in [5.74, 6) is -1.27. The number of carbonyl (C=O) groups excluding carboxylic acids is 1. The summed E-state index contributed by atoms with van der Waals surface area (Å²) >= 11 is 1.10. The van der Waals surface area contributed by atoms with Gasteiger partial charge in [0.05, 0.1) is 29.0 Å². The van der Waals surface area contributed by atoms with Crippen molar-refractivity contribution in [3.63, 3.8) is 0 Å². The van der Waals surface area contributed by atoms with Crippen molar-refractivity contribution >= 4 is 33.1 Å². The van der Waals surface area contributed by atoms with Crippen LogP contribution in [0.15, 0.2) is 36.1 Å². The Labute approximate surface area is 166 Å². The van der Waals surface area contributed by atoms with Gasteiger partial charge in [-0.1, -0.05) is 0 Å². The molecule has 156 valence electrons. The molecule has 0 saturated heterocycles. The number of pyridine rings is 1. The van der Waals surface area contributed by atoms with E-state index in [0.717, 1.165) is 23.6 Å². The number of hydrogen-bond acceptors (Lipinski definition) is 5. The molecule has 7 nitrogen and oxygen atoms in total. The van der Waals surface area contributed by atoms with Crippen molar-refractivity contribution in [1.29, 1.82) is 0 Å². The minimum Gasteiger partial charge on any atom is -0.322 e. The summed E-state index contributed by atoms with van der Waals surface area (Å²) in [6.45, 7) is 0. The van der Waals surface area contributed by atoms with Crippen LogP contribution in [0.5, 0.6) is 0 Å². The number of amides is 1. The number of hydrogen-bond donors (Lipinski definition) is 2. The number of fused-ring (bicyclic) bond motifs is 1. The molecule has 4 heterocycles. The summed E-state index contributed by atoms with van der Waals surface area (Å²) in [7, 11) is 0. The summed E-state index contributed by atoms with van der Waals surface area (Å²) in [4.78, 5) is 16.1. The first kappa shape index (κ1) is 19.9. The number of thiophene rings is 1. The SMILES string of the molecule is O=C(Nc1ccnc(C(F)(F)F)c1)c1cnn(-c2csc3[nH]ncc23)c1C(F)(F)F. The average Bonchev–Trinajstić information content (AvgIpc) is 3.35. The second kappa shape index (κ2) is 6.83. The van der Waals surface area contributed by atoms with Gasteiger partial charge in [0.15, 0.2) is 5.69 Å². The van der Waals surface area contributed by atoms with Crippen LogP contribution in [0.3, 0.4) is 0 Å². The number of H-pyrrole nitrogens is 1. The van der Waals surface area contributed by atoms with E-state index in [1.165, 1.54) is 11.6 Å². The minimum absolute atomic E-state index is 0.0541. The van der Waals surface area contributed by atoms with E-state index in [1.54, 1.807) is 0 Å². The number of alkyl halides is 6. The van der Waals surface area contributed by atoms with Crippen molar-refractivity contribution in [3.8, 4) is 5.69 Å². The number of nitrogens with zero attached hydrogens (tertiary/aromatic N) is 4. The van der Waals surface area contributed by atoms with E-state index in [9.17, 15) is 31.1 Å². The highest BCUT2D eigenvalue weighted by atomic mass is 32.1. The zero-order valence-electron chi connectivity index (χ0n) is 14.3. The van der Waals surface area contributed by atoms with Crippen LogP contribution in [0, 0.1) is 0 Å². The molecule has 0 radical (unpaired) electrons. The molecule has 0 aliphatic heterocycles. The molecule has 1 amide bonds. The van der Waals surface area contributed by atoms with E-state index >= 15 is 0 Å². The van der Waals surface area contributed by atoms with Crippen LogP contribution in [0.2, 0.25) is 0 Å². The van der Waals surface area contributed by atoms with Crippen LogP contribution >= 0.6 is 11.3 Å². The van der Waals surface area contributed by atoms with Gasteiger partial charge >= 0.3 is 12.4 Å². The van der Waals surface area contributed by atoms with Gasteiger partial charge in [-0.3, -0.25) is 14.9 Å². The molecule has 4 aromatic heterocycles. The minimum atomic E-state index is -4.98. The number of halogens is 6. The molecular weight excluding hydrogens is 438 g/mol. The second-order valence-electron chi connectivity index (χ2n) is 5.93. The Morgan fingerprint density at radius 2 is 1.90 bits per heavy atom. The maximum absolute atomic E-state index is 13.8. The second-order valence-corrected chi connectivity index (χ2v) is 6.81. The van der Waals surface area contributed by atoms with E-state index in [4.69, 9.17) is 0 Å². The van der Waals surface area contributed by atoms with Gasteiger partial charge in [0.1, 0.15) is 10.5 Å². The lowest BCUT2D eigenvalue weighted by atomic mass is 10.2. The molecule has 4 rings (SSSR count). The fraction of sp³-hybridized carbons (Fsp3) is 0.125. The molecule has 14 heteroatoms. The highest BCUT2D eigenvalue weighted by molar-refractivity contribution is 7.17. The van der Waals surface area contributed by atoms with Gasteiger partial charge in [-0.25, -0.2) is 4.68 Å². The topological polar surface area (TPSA) is 88.5 Å². The Morgan fingerprint density at radius 3 is 2.60 bits per heavy atom. The third kappa shape index (κ3) is 3.49. The number of nitrogens with one attached hydrogen (secondary N) is 2. The van der Waals surface area contributed by atoms with E-state index in [2.05, 4.69) is 20.3 Å². The van der Waals surface area contributed by atoms with E-state index in [1.807, 2.05) is 5.32 Å². The van der Waals surface area contributed by atoms with Crippen molar-refractivity contribution in [1.82, 2.24) is 25.0 Å². The number of carbonyl (C=O) groups is 1. The third-order valence-electron chi connectivity index (χ3n) is 3.99. The van der Waals surface area contributed by atoms with Crippen molar-refractivity contribution in [2.75, 3.05) is 5.32 Å². The third-order valence-corrected chi connectivity index (χ3v) is 4.88. The first-order valence-corrected chi connectivity index (χ1v) is 8.84. The number of aromatic amines is 1. The van der Waals surface area contributed by atoms with Crippen molar-refractivity contribution < 1.29 is 31.1 Å². The molecule has 2 N–H and O–H groups in total. The standard InChI is InChI=1S/C16H8F6N6OS/c17-15(18,19)11-3-7(1-2-23-11)26-13(29)9-5-25-28(12(9)16(20,21)22)10-6-30-14-8(10)4-24-27-14/h1-6H,(H,24,27)(H,23,26,29). The Balaban J connectivity index is 1.74. The molecule has 0 aromatic carbocycles. The normalized spacial score (nSPS) is 12.5. The Kier molecular flexibility index (Phi) is 4.52. The maximum Gasteiger partial charge on any atom is 0.434 e. The van der Waals surface area contributed by atoms with Gasteiger partial charge in [0.25, 0.3) is 5.91 Å². The molecule has 0 atom stereocenters. The molecule has 0 saturated carbocycles. The largest absolute Gasteiger partial charge is 0.434 e. The summed E-state index contributed by atoms with van der Waals surface area (Å²) < 4.78 is 80.1. The summed E-state index contributed by atoms with van der Waals surface area (Å²) in [6.07, 6.45) is -6.95. The fourth-order valence-corrected chi connectivity index (χ4v) is 3.57. The molecule has 0 aliphatic rings. The highest BCUT2D eigenvalue weighted by Gasteiger charge is 2.41. The number of rotatable bonds is 3. The molecule has 0 bridgehead atoms. The summed E-state index contributed by atoms with van der Waals surface area (Å²) in [6, 6.07) is 1.54. The number of aromatic nitrogens is 5. The number of anilines is 1. The van der Waals surface area contributed by atoms with Gasteiger partial charge < -0.3 is 5.32 Å². The maximum atomic E-state index is 13.8. The predicted octanol–water partition coefficient (Wildman–Crippen LogP) is 4.50. The van der Waals surface area contributed by atoms with Gasteiger partial charge in [0, 0.05) is 17.3 Å². The lowest BCUT2D eigenvalue weighted by Crippen LogP contribution is -2.21. The van der Waals surface area contributed by atoms with Gasteiger partial charge in [-0.2, -0.15) is 36.5 Å². The molecule has 0 unspecified atom stereocenters. The van der Waals surface area contributed by atoms with Crippen molar-refractivity contribution in [3.05, 3.63) is 53.1 Å². The fourth-order valence-electron chi connectivity index (χ4n) is 2.72. The Hall–Kier alpha value is -3.42. The van der Waals surface area contributed by atoms with Crippen LogP contribution in [-0.4, -0.2) is 30.9 Å². The first-order valence-electron chi connectivity index (χ1n) is 7.96. The van der Waals surface area contributed by atoms with Crippen molar-refractivity contribution in [2.24, 2.45) is 0 Å². The molecule has 0 fully saturated rings. The van der Waals surface area contributed by atoms with Crippen molar-refractivity contribution in [2.45, 2.75) is 12.4 Å². The molecule has 30 heavy (non-hydrogen) atoms. The zero-order valence-corrected chi connectivity index (χ0v) is 15.2. The first-order chi connectivity index (χ1) is 14.1. The summed E-state index contributed by atoms with van der Waals surface area (Å²) in [5, 5.41) is 13.8. The quantitative estimate of drug-likeness (QED) is 0.454. The lowest BCUT2D eigenvalue weighted by molar-refractivity contribution is -0.143. The van der Waals surface area contributed by atoms with Gasteiger partial charge in [-0.15, -0.1) is 11.3 Å².